The second-order valence-electron chi connectivity index (χ2n) is 4.79. The average molecular weight is 285 g/mol. The first kappa shape index (κ1) is 13.5. The van der Waals surface area contributed by atoms with Gasteiger partial charge < -0.3 is 30.3 Å². The van der Waals surface area contributed by atoms with Crippen molar-refractivity contribution in [2.24, 2.45) is 0 Å². The maximum Gasteiger partial charge on any atom is 0.335 e. The van der Waals surface area contributed by atoms with Crippen molar-refractivity contribution in [2.45, 2.75) is 36.6 Å². The molecule has 1 heterocycles. The number of hydrogen-bond acceptors (Lipinski definition) is 7. The summed E-state index contributed by atoms with van der Waals surface area (Å²) in [5.74, 6) is -3.57. The number of carbonyl (C=O) groups is 1. The molecule has 0 unspecified atom stereocenters. The number of carboxylic acids is 1. The number of ether oxygens (including phenoxy) is 1. The van der Waals surface area contributed by atoms with Gasteiger partial charge in [0.05, 0.1) is 0 Å². The van der Waals surface area contributed by atoms with Crippen LogP contribution in [-0.2, 0) is 16.0 Å². The lowest BCUT2D eigenvalue weighted by Gasteiger charge is -2.44. The minimum Gasteiger partial charge on any atom is -0.479 e. The van der Waals surface area contributed by atoms with Gasteiger partial charge in [0.15, 0.2) is 11.9 Å². The molecule has 0 radical (unpaired) electrons. The molecule has 110 valence electrons. The Morgan fingerprint density at radius 3 is 2.50 bits per heavy atom. The summed E-state index contributed by atoms with van der Waals surface area (Å²) in [4.78, 5) is 11.4. The van der Waals surface area contributed by atoms with Crippen LogP contribution in [0.3, 0.4) is 0 Å². The Hall–Kier alpha value is -1.51. The van der Waals surface area contributed by atoms with Crippen molar-refractivity contribution < 1.29 is 35.1 Å². The Labute approximate surface area is 116 Å². The zero-order valence-electron chi connectivity index (χ0n) is 11.4. The highest BCUT2D eigenvalue weighted by atomic mass is 16.7. The molecular weight excluding hydrogens is 268 g/mol. The molecule has 7 heteroatoms. The molecule has 1 aromatic rings. The molecule has 0 spiro atoms. The summed E-state index contributed by atoms with van der Waals surface area (Å²) in [6.45, 7) is 0. The van der Waals surface area contributed by atoms with Crippen LogP contribution in [0.2, 0.25) is 0 Å². The van der Waals surface area contributed by atoms with Gasteiger partial charge in [0.2, 0.25) is 0 Å². The van der Waals surface area contributed by atoms with Crippen molar-refractivity contribution >= 4 is 5.97 Å². The monoisotopic (exact) mass is 285 g/mol. The third-order valence-corrected chi connectivity index (χ3v) is 3.31. The van der Waals surface area contributed by atoms with Crippen LogP contribution in [0.5, 0.6) is 0 Å². The molecule has 0 amide bonds. The summed E-state index contributed by atoms with van der Waals surface area (Å²) < 4.78 is 11.6. The number of rotatable bonds is 3. The number of aliphatic hydroxyl groups excluding tert-OH is 3. The van der Waals surface area contributed by atoms with Crippen molar-refractivity contribution in [3.8, 4) is 0 Å². The van der Waals surface area contributed by atoms with Crippen LogP contribution in [-0.4, -0.2) is 61.7 Å². The molecule has 7 nitrogen and oxygen atoms in total. The SMILES string of the molecule is [2H]OC(=O)[C@H]1O[C@](O)(Cc2ccccc2)[C@H](O)[C@@H](O)[C@@H]1O. The maximum absolute atomic E-state index is 11.4. The van der Waals surface area contributed by atoms with E-state index in [9.17, 15) is 25.2 Å². The molecular formula is C13H16O7. The molecule has 1 fully saturated rings. The molecule has 1 aromatic carbocycles. The smallest absolute Gasteiger partial charge is 0.335 e. The van der Waals surface area contributed by atoms with Crippen molar-refractivity contribution in [3.63, 3.8) is 0 Å². The predicted molar refractivity (Wildman–Crippen MR) is 65.6 cm³/mol. The first-order valence-corrected chi connectivity index (χ1v) is 6.04. The Morgan fingerprint density at radius 2 is 1.90 bits per heavy atom. The summed E-state index contributed by atoms with van der Waals surface area (Å²) in [5, 5.41) is 43.5. The van der Waals surface area contributed by atoms with Gasteiger partial charge in [-0.1, -0.05) is 30.3 Å². The van der Waals surface area contributed by atoms with Crippen LogP contribution in [0.25, 0.3) is 1.43 Å². The fraction of sp³-hybridized carbons (Fsp3) is 0.462. The van der Waals surface area contributed by atoms with Crippen molar-refractivity contribution in [1.82, 2.24) is 0 Å². The summed E-state index contributed by atoms with van der Waals surface area (Å²) >= 11 is 0. The van der Waals surface area contributed by atoms with E-state index in [1.54, 1.807) is 30.3 Å². The number of benzene rings is 1. The quantitative estimate of drug-likeness (QED) is 0.456. The molecule has 20 heavy (non-hydrogen) atoms. The van der Waals surface area contributed by atoms with Gasteiger partial charge in [-0.15, -0.1) is 0 Å². The van der Waals surface area contributed by atoms with E-state index in [4.69, 9.17) is 6.17 Å². The first-order chi connectivity index (χ1) is 9.89. The zero-order chi connectivity index (χ0) is 15.6. The van der Waals surface area contributed by atoms with Gasteiger partial charge in [-0.05, 0) is 5.56 Å². The lowest BCUT2D eigenvalue weighted by atomic mass is 9.88. The molecule has 5 atom stereocenters. The number of carboxylic acid groups (broad SMARTS) is 1. The van der Waals surface area contributed by atoms with Gasteiger partial charge in [-0.3, -0.25) is 0 Å². The third kappa shape index (κ3) is 2.67. The predicted octanol–water partition coefficient (Wildman–Crippen LogP) is -1.52. The van der Waals surface area contributed by atoms with Gasteiger partial charge >= 0.3 is 5.97 Å². The molecule has 0 aliphatic carbocycles. The molecule has 0 aromatic heterocycles. The van der Waals surface area contributed by atoms with Crippen LogP contribution in [0.4, 0.5) is 0 Å². The highest BCUT2D eigenvalue weighted by Crippen LogP contribution is 2.31. The second kappa shape index (κ2) is 5.47. The van der Waals surface area contributed by atoms with Crippen molar-refractivity contribution in [1.29, 1.82) is 1.43 Å². The van der Waals surface area contributed by atoms with E-state index in [1.807, 2.05) is 0 Å². The molecule has 1 saturated heterocycles. The van der Waals surface area contributed by atoms with E-state index in [-0.39, 0.29) is 6.42 Å². The largest absolute Gasteiger partial charge is 0.479 e. The van der Waals surface area contributed by atoms with E-state index < -0.39 is 36.2 Å². The Kier molecular flexibility index (Phi) is 3.68. The highest BCUT2D eigenvalue weighted by molar-refractivity contribution is 5.73. The molecule has 0 saturated carbocycles. The molecule has 2 rings (SSSR count). The molecule has 0 bridgehead atoms. The van der Waals surface area contributed by atoms with E-state index in [1.165, 1.54) is 0 Å². The molecule has 1 aliphatic rings. The Bertz CT molecular complexity index is 497. The third-order valence-electron chi connectivity index (χ3n) is 3.31. The Morgan fingerprint density at radius 1 is 1.25 bits per heavy atom. The molecule has 1 aliphatic heterocycles. The summed E-state index contributed by atoms with van der Waals surface area (Å²) in [5.41, 5.74) is 0.584. The fourth-order valence-electron chi connectivity index (χ4n) is 2.21. The van der Waals surface area contributed by atoms with Crippen molar-refractivity contribution in [2.75, 3.05) is 0 Å². The van der Waals surface area contributed by atoms with E-state index in [0.717, 1.165) is 0 Å². The first-order valence-electron chi connectivity index (χ1n) is 6.45. The minimum atomic E-state index is -2.29. The van der Waals surface area contributed by atoms with Gasteiger partial charge in [-0.25, -0.2) is 4.79 Å². The standard InChI is InChI=1S/C13H16O7/c14-8-9(15)11(16)13(19,20-10(8)12(17)18)6-7-4-2-1-3-5-7/h1-5,8-11,14-16,19H,6H2,(H,17,18)/t8-,9-,10-,11+,13+/m0/s1/i/hD. The van der Waals surface area contributed by atoms with Crippen molar-refractivity contribution in [3.05, 3.63) is 35.9 Å². The van der Waals surface area contributed by atoms with E-state index in [2.05, 4.69) is 5.11 Å². The topological polar surface area (TPSA) is 127 Å². The van der Waals surface area contributed by atoms with E-state index in [0.29, 0.717) is 5.56 Å². The van der Waals surface area contributed by atoms with Crippen LogP contribution in [0, 0.1) is 0 Å². The zero-order valence-corrected chi connectivity index (χ0v) is 10.4. The van der Waals surface area contributed by atoms with Crippen LogP contribution < -0.4 is 0 Å². The normalized spacial score (nSPS) is 38.1. The number of aliphatic carboxylic acids is 1. The van der Waals surface area contributed by atoms with Crippen LogP contribution >= 0.6 is 0 Å². The highest BCUT2D eigenvalue weighted by Gasteiger charge is 2.54. The summed E-state index contributed by atoms with van der Waals surface area (Å²) in [6.07, 6.45) is -7.46. The molecule has 5 N–H and O–H groups in total. The fourth-order valence-corrected chi connectivity index (χ4v) is 2.21. The lowest BCUT2D eigenvalue weighted by molar-refractivity contribution is -0.340. The van der Waals surface area contributed by atoms with Gasteiger partial charge in [0, 0.05) is 6.42 Å². The number of aliphatic hydroxyl groups is 4. The van der Waals surface area contributed by atoms with E-state index >= 15 is 0 Å². The minimum absolute atomic E-state index is 0.222. The van der Waals surface area contributed by atoms with Gasteiger partial charge in [0.1, 0.15) is 18.3 Å². The van der Waals surface area contributed by atoms with Crippen LogP contribution in [0.1, 0.15) is 5.56 Å². The Balaban J connectivity index is 2.26. The average Bonchev–Trinajstić information content (AvgIpc) is 2.49. The van der Waals surface area contributed by atoms with Gasteiger partial charge in [-0.2, -0.15) is 0 Å². The second-order valence-corrected chi connectivity index (χ2v) is 4.79. The van der Waals surface area contributed by atoms with Crippen LogP contribution in [0.15, 0.2) is 30.3 Å². The lowest BCUT2D eigenvalue weighted by Crippen LogP contribution is -2.66. The number of hydrogen-bond donors (Lipinski definition) is 5. The summed E-state index contributed by atoms with van der Waals surface area (Å²) in [7, 11) is 0. The van der Waals surface area contributed by atoms with Gasteiger partial charge in [0.25, 0.3) is 1.43 Å². The summed E-state index contributed by atoms with van der Waals surface area (Å²) in [6, 6.07) is 8.47. The maximum atomic E-state index is 11.4.